The van der Waals surface area contributed by atoms with E-state index < -0.39 is 0 Å². The molecule has 1 aromatic heterocycles. The van der Waals surface area contributed by atoms with E-state index in [0.29, 0.717) is 24.8 Å². The second-order valence-electron chi connectivity index (χ2n) is 7.76. The van der Waals surface area contributed by atoms with Gasteiger partial charge >= 0.3 is 0 Å². The first-order chi connectivity index (χ1) is 13.6. The van der Waals surface area contributed by atoms with Crippen molar-refractivity contribution in [2.45, 2.75) is 18.8 Å². The smallest absolute Gasteiger partial charge is 0.222 e. The number of aromatic nitrogens is 2. The Hall–Kier alpha value is -3.01. The molecule has 0 spiro atoms. The van der Waals surface area contributed by atoms with E-state index in [1.807, 2.05) is 30.4 Å². The van der Waals surface area contributed by atoms with Crippen molar-refractivity contribution in [1.82, 2.24) is 19.6 Å². The number of amides is 1. The molecule has 1 aromatic carbocycles. The minimum Gasteiger partial charge on any atom is -0.496 e. The number of rotatable bonds is 5. The van der Waals surface area contributed by atoms with Crippen molar-refractivity contribution in [3.8, 4) is 23.1 Å². The summed E-state index contributed by atoms with van der Waals surface area (Å²) < 4.78 is 7.30. The quantitative estimate of drug-likeness (QED) is 0.745. The van der Waals surface area contributed by atoms with Crippen molar-refractivity contribution in [3.05, 3.63) is 36.2 Å². The van der Waals surface area contributed by atoms with Crippen molar-refractivity contribution in [2.24, 2.45) is 13.0 Å². The van der Waals surface area contributed by atoms with Gasteiger partial charge in [-0.3, -0.25) is 9.48 Å². The molecule has 0 aliphatic carbocycles. The van der Waals surface area contributed by atoms with Crippen LogP contribution in [0.15, 0.2) is 30.6 Å². The van der Waals surface area contributed by atoms with Crippen LogP contribution in [0.2, 0.25) is 0 Å². The lowest BCUT2D eigenvalue weighted by Crippen LogP contribution is -2.49. The Morgan fingerprint density at radius 2 is 2.18 bits per heavy atom. The van der Waals surface area contributed by atoms with Crippen molar-refractivity contribution >= 4 is 5.91 Å². The highest BCUT2D eigenvalue weighted by atomic mass is 16.5. The Kier molecular flexibility index (Phi) is 4.95. The summed E-state index contributed by atoms with van der Waals surface area (Å²) in [4.78, 5) is 16.2. The van der Waals surface area contributed by atoms with Gasteiger partial charge in [0.25, 0.3) is 0 Å². The molecule has 0 unspecified atom stereocenters. The van der Waals surface area contributed by atoms with Crippen molar-refractivity contribution in [3.63, 3.8) is 0 Å². The maximum atomic E-state index is 12.5. The Morgan fingerprint density at radius 1 is 1.36 bits per heavy atom. The molecule has 1 atom stereocenters. The molecule has 2 saturated heterocycles. The molecule has 0 saturated carbocycles. The number of benzene rings is 1. The lowest BCUT2D eigenvalue weighted by Gasteiger charge is -2.40. The highest BCUT2D eigenvalue weighted by Crippen LogP contribution is 2.36. The predicted octanol–water partition coefficient (Wildman–Crippen LogP) is 2.21. The van der Waals surface area contributed by atoms with Gasteiger partial charge in [0.1, 0.15) is 5.75 Å². The summed E-state index contributed by atoms with van der Waals surface area (Å²) >= 11 is 0. The third kappa shape index (κ3) is 3.55. The van der Waals surface area contributed by atoms with Crippen molar-refractivity contribution in [2.75, 3.05) is 33.3 Å². The molecule has 7 heteroatoms. The van der Waals surface area contributed by atoms with Crippen LogP contribution in [0.25, 0.3) is 11.1 Å². The number of aryl methyl sites for hydroxylation is 1. The van der Waals surface area contributed by atoms with Crippen LogP contribution >= 0.6 is 0 Å². The van der Waals surface area contributed by atoms with Gasteiger partial charge in [0, 0.05) is 62.9 Å². The van der Waals surface area contributed by atoms with Gasteiger partial charge in [-0.15, -0.1) is 0 Å². The molecular weight excluding hydrogens is 354 g/mol. The fraction of sp³-hybridized carbons (Fsp3) is 0.476. The first kappa shape index (κ1) is 18.4. The van der Waals surface area contributed by atoms with Crippen LogP contribution < -0.4 is 4.74 Å². The monoisotopic (exact) mass is 379 g/mol. The molecule has 7 nitrogen and oxygen atoms in total. The van der Waals surface area contributed by atoms with Gasteiger partial charge < -0.3 is 14.5 Å². The van der Waals surface area contributed by atoms with E-state index in [1.165, 1.54) is 5.56 Å². The van der Waals surface area contributed by atoms with Gasteiger partial charge in [0.2, 0.25) is 5.91 Å². The molecule has 0 bridgehead atoms. The Labute approximate surface area is 165 Å². The Balaban J connectivity index is 1.39. The molecule has 0 radical (unpaired) electrons. The zero-order valence-corrected chi connectivity index (χ0v) is 16.3. The van der Waals surface area contributed by atoms with Crippen LogP contribution in [0.3, 0.4) is 0 Å². The van der Waals surface area contributed by atoms with Gasteiger partial charge in [-0.25, -0.2) is 0 Å². The highest BCUT2D eigenvalue weighted by Gasteiger charge is 2.34. The number of ether oxygens (including phenoxy) is 1. The number of hydrogen-bond donors (Lipinski definition) is 0. The summed E-state index contributed by atoms with van der Waals surface area (Å²) in [6.45, 7) is 3.01. The zero-order chi connectivity index (χ0) is 19.7. The van der Waals surface area contributed by atoms with E-state index in [9.17, 15) is 4.79 Å². The van der Waals surface area contributed by atoms with Crippen LogP contribution in [-0.2, 0) is 11.8 Å². The van der Waals surface area contributed by atoms with E-state index in [1.54, 1.807) is 16.7 Å². The molecule has 4 rings (SSSR count). The molecule has 2 aliphatic rings. The zero-order valence-electron chi connectivity index (χ0n) is 16.3. The molecule has 1 amide bonds. The molecule has 2 aromatic rings. The van der Waals surface area contributed by atoms with Gasteiger partial charge in [-0.1, -0.05) is 6.07 Å². The summed E-state index contributed by atoms with van der Waals surface area (Å²) in [5.41, 5.74) is 3.28. The minimum atomic E-state index is 0.210. The SMILES string of the molecule is COc1ccc(C2CN(C(=O)C[C@H]3CCN(C#N)C3)C2)cc1-c1cnn(C)c1. The maximum Gasteiger partial charge on any atom is 0.222 e. The van der Waals surface area contributed by atoms with Gasteiger partial charge in [0.05, 0.1) is 13.3 Å². The topological polar surface area (TPSA) is 74.4 Å². The number of likely N-dealkylation sites (tertiary alicyclic amines) is 2. The van der Waals surface area contributed by atoms with Gasteiger partial charge in [-0.05, 0) is 30.0 Å². The third-order valence-electron chi connectivity index (χ3n) is 5.84. The van der Waals surface area contributed by atoms with E-state index in [2.05, 4.69) is 23.4 Å². The summed E-state index contributed by atoms with van der Waals surface area (Å²) in [6.07, 6.45) is 7.47. The van der Waals surface area contributed by atoms with E-state index in [0.717, 1.165) is 42.9 Å². The van der Waals surface area contributed by atoms with Gasteiger partial charge in [0.15, 0.2) is 6.19 Å². The highest BCUT2D eigenvalue weighted by molar-refractivity contribution is 5.78. The molecular formula is C21H25N5O2. The lowest BCUT2D eigenvalue weighted by molar-refractivity contribution is -0.136. The van der Waals surface area contributed by atoms with Gasteiger partial charge in [-0.2, -0.15) is 10.4 Å². The molecule has 2 aliphatic heterocycles. The second-order valence-corrected chi connectivity index (χ2v) is 7.76. The number of carbonyl (C=O) groups excluding carboxylic acids is 1. The minimum absolute atomic E-state index is 0.210. The third-order valence-corrected chi connectivity index (χ3v) is 5.84. The van der Waals surface area contributed by atoms with Crippen LogP contribution in [0, 0.1) is 17.4 Å². The van der Waals surface area contributed by atoms with Crippen molar-refractivity contribution in [1.29, 1.82) is 5.26 Å². The van der Waals surface area contributed by atoms with E-state index >= 15 is 0 Å². The summed E-state index contributed by atoms with van der Waals surface area (Å²) in [5.74, 6) is 1.70. The lowest BCUT2D eigenvalue weighted by atomic mass is 9.88. The predicted molar refractivity (Wildman–Crippen MR) is 104 cm³/mol. The van der Waals surface area contributed by atoms with Crippen LogP contribution in [0.1, 0.15) is 24.3 Å². The summed E-state index contributed by atoms with van der Waals surface area (Å²) in [7, 11) is 3.57. The second kappa shape index (κ2) is 7.55. The number of carbonyl (C=O) groups is 1. The first-order valence-corrected chi connectivity index (χ1v) is 9.66. The van der Waals surface area contributed by atoms with E-state index in [4.69, 9.17) is 10.00 Å². The number of hydrogen-bond acceptors (Lipinski definition) is 5. The molecule has 0 N–H and O–H groups in total. The van der Waals surface area contributed by atoms with Crippen LogP contribution in [0.5, 0.6) is 5.75 Å². The van der Waals surface area contributed by atoms with Crippen molar-refractivity contribution < 1.29 is 9.53 Å². The average Bonchev–Trinajstić information content (AvgIpc) is 3.29. The maximum absolute atomic E-state index is 12.5. The molecule has 2 fully saturated rings. The fourth-order valence-electron chi connectivity index (χ4n) is 4.12. The van der Waals surface area contributed by atoms with Crippen LogP contribution in [0.4, 0.5) is 0 Å². The largest absolute Gasteiger partial charge is 0.496 e. The fourth-order valence-corrected chi connectivity index (χ4v) is 4.12. The Bertz CT molecular complexity index is 910. The Morgan fingerprint density at radius 3 is 2.82 bits per heavy atom. The average molecular weight is 379 g/mol. The number of nitrogens with zero attached hydrogens (tertiary/aromatic N) is 5. The first-order valence-electron chi connectivity index (χ1n) is 9.66. The molecule has 28 heavy (non-hydrogen) atoms. The normalized spacial score (nSPS) is 19.4. The van der Waals surface area contributed by atoms with E-state index in [-0.39, 0.29) is 5.91 Å². The standard InChI is InChI=1S/C21H25N5O2/c1-24-11-17(9-23-24)19-8-16(3-4-20(19)28-2)18-12-26(13-18)21(27)7-15-5-6-25(10-15)14-22/h3-4,8-9,11,15,18H,5-7,10,12-13H2,1-2H3/t15-/m1/s1. The molecule has 3 heterocycles. The van der Waals surface area contributed by atoms with Crippen LogP contribution in [-0.4, -0.2) is 58.8 Å². The summed E-state index contributed by atoms with van der Waals surface area (Å²) in [6, 6.07) is 6.24. The number of methoxy groups -OCH3 is 1. The summed E-state index contributed by atoms with van der Waals surface area (Å²) in [5, 5.41) is 13.2. The molecule has 146 valence electrons. The number of nitriles is 1.